The number of thiophene rings is 1. The van der Waals surface area contributed by atoms with Gasteiger partial charge in [-0.05, 0) is 50.5 Å². The first-order valence-electron chi connectivity index (χ1n) is 7.33. The third-order valence-corrected chi connectivity index (χ3v) is 5.39. The van der Waals surface area contributed by atoms with E-state index in [1.807, 2.05) is 6.07 Å². The van der Waals surface area contributed by atoms with E-state index in [0.29, 0.717) is 11.7 Å². The zero-order chi connectivity index (χ0) is 13.4. The lowest BCUT2D eigenvalue weighted by atomic mass is 9.87. The summed E-state index contributed by atoms with van der Waals surface area (Å²) in [7, 11) is 0. The maximum absolute atomic E-state index is 12.1. The van der Waals surface area contributed by atoms with Gasteiger partial charge in [0.15, 0.2) is 5.78 Å². The monoisotopic (exact) mass is 278 g/mol. The molecule has 2 fully saturated rings. The Morgan fingerprint density at radius 2 is 1.95 bits per heavy atom. The molecule has 3 N–H and O–H groups in total. The largest absolute Gasteiger partial charge is 0.397 e. The predicted molar refractivity (Wildman–Crippen MR) is 80.8 cm³/mol. The molecule has 104 valence electrons. The van der Waals surface area contributed by atoms with Gasteiger partial charge in [-0.2, -0.15) is 0 Å². The lowest BCUT2D eigenvalue weighted by Gasteiger charge is -2.27. The highest BCUT2D eigenvalue weighted by atomic mass is 32.1. The van der Waals surface area contributed by atoms with Gasteiger partial charge in [-0.25, -0.2) is 0 Å². The summed E-state index contributed by atoms with van der Waals surface area (Å²) in [6, 6.07) is 2.50. The van der Waals surface area contributed by atoms with Gasteiger partial charge in [0.25, 0.3) is 0 Å². The van der Waals surface area contributed by atoms with Crippen LogP contribution >= 0.6 is 11.3 Å². The number of nitrogen functional groups attached to an aromatic ring is 1. The number of hydrogen-bond acceptors (Lipinski definition) is 4. The van der Waals surface area contributed by atoms with Gasteiger partial charge in [-0.3, -0.25) is 4.79 Å². The van der Waals surface area contributed by atoms with Crippen LogP contribution in [0.4, 0.5) is 10.7 Å². The van der Waals surface area contributed by atoms with E-state index in [1.165, 1.54) is 25.7 Å². The maximum Gasteiger partial charge on any atom is 0.178 e. The Morgan fingerprint density at radius 3 is 2.58 bits per heavy atom. The summed E-state index contributed by atoms with van der Waals surface area (Å²) in [5, 5.41) is 4.63. The normalized spacial score (nSPS) is 27.2. The van der Waals surface area contributed by atoms with E-state index in [1.54, 1.807) is 11.3 Å². The fourth-order valence-electron chi connectivity index (χ4n) is 2.81. The molecule has 3 nitrogen and oxygen atoms in total. The molecule has 3 rings (SSSR count). The third kappa shape index (κ3) is 2.94. The first-order chi connectivity index (χ1) is 9.13. The second kappa shape index (κ2) is 5.16. The second-order valence-corrected chi connectivity index (χ2v) is 7.19. The number of ketones is 1. The Morgan fingerprint density at radius 1 is 1.26 bits per heavy atom. The fraction of sp³-hybridized carbons (Fsp3) is 0.667. The number of hydrogen-bond donors (Lipinski definition) is 2. The molecule has 2 saturated carbocycles. The van der Waals surface area contributed by atoms with Crippen LogP contribution in [0, 0.1) is 11.8 Å². The second-order valence-electron chi connectivity index (χ2n) is 6.13. The van der Waals surface area contributed by atoms with Crippen LogP contribution in [0.3, 0.4) is 0 Å². The summed E-state index contributed by atoms with van der Waals surface area (Å²) < 4.78 is 0. The van der Waals surface area contributed by atoms with Crippen LogP contribution in [-0.2, 0) is 0 Å². The molecule has 1 aromatic rings. The average Bonchev–Trinajstić information content (AvgIpc) is 3.16. The zero-order valence-corrected chi connectivity index (χ0v) is 12.3. The van der Waals surface area contributed by atoms with Crippen molar-refractivity contribution in [2.75, 3.05) is 11.1 Å². The Bertz CT molecular complexity index is 470. The van der Waals surface area contributed by atoms with E-state index in [2.05, 4.69) is 12.2 Å². The maximum atomic E-state index is 12.1. The van der Waals surface area contributed by atoms with Crippen molar-refractivity contribution < 1.29 is 4.79 Å². The number of nitrogens with two attached hydrogens (primary N) is 1. The van der Waals surface area contributed by atoms with Crippen LogP contribution in [0.15, 0.2) is 6.07 Å². The minimum absolute atomic E-state index is 0.254. The minimum Gasteiger partial charge on any atom is -0.397 e. The molecule has 0 aromatic carbocycles. The van der Waals surface area contributed by atoms with Crippen molar-refractivity contribution in [3.63, 3.8) is 0 Å². The zero-order valence-electron chi connectivity index (χ0n) is 11.4. The third-order valence-electron chi connectivity index (χ3n) is 4.29. The van der Waals surface area contributed by atoms with Crippen molar-refractivity contribution in [3.8, 4) is 0 Å². The number of nitrogens with one attached hydrogen (secondary N) is 1. The summed E-state index contributed by atoms with van der Waals surface area (Å²) >= 11 is 1.54. The Balaban J connectivity index is 1.65. The average molecular weight is 278 g/mol. The number of carbonyl (C=O) groups excluding carboxylic acids is 1. The number of rotatable bonds is 4. The van der Waals surface area contributed by atoms with Gasteiger partial charge in [-0.15, -0.1) is 11.3 Å². The first kappa shape index (κ1) is 13.0. The van der Waals surface area contributed by atoms with E-state index in [4.69, 9.17) is 5.73 Å². The standard InChI is InChI=1S/C15H22N2OS/c1-9-2-6-11(7-3-9)17-13-8-12(16)15(19-13)14(18)10-4-5-10/h8-11,17H,2-7,16H2,1H3. The molecule has 0 radical (unpaired) electrons. The molecule has 0 spiro atoms. The highest BCUT2D eigenvalue weighted by molar-refractivity contribution is 7.18. The molecule has 4 heteroatoms. The van der Waals surface area contributed by atoms with Crippen molar-refractivity contribution in [1.29, 1.82) is 0 Å². The Kier molecular flexibility index (Phi) is 3.52. The van der Waals surface area contributed by atoms with Gasteiger partial charge >= 0.3 is 0 Å². The molecule has 0 saturated heterocycles. The Labute approximate surface area is 118 Å². The molecule has 19 heavy (non-hydrogen) atoms. The molecule has 1 heterocycles. The van der Waals surface area contributed by atoms with E-state index in [0.717, 1.165) is 28.6 Å². The lowest BCUT2D eigenvalue weighted by molar-refractivity contribution is 0.0972. The van der Waals surface area contributed by atoms with E-state index in [-0.39, 0.29) is 11.7 Å². The molecule has 2 aliphatic rings. The summed E-state index contributed by atoms with van der Waals surface area (Å²) in [5.41, 5.74) is 6.65. The van der Waals surface area contributed by atoms with Crippen molar-refractivity contribution in [3.05, 3.63) is 10.9 Å². The van der Waals surface area contributed by atoms with E-state index in [9.17, 15) is 4.79 Å². The summed E-state index contributed by atoms with van der Waals surface area (Å²) in [5.74, 6) is 1.37. The van der Waals surface area contributed by atoms with Crippen LogP contribution < -0.4 is 11.1 Å². The molecular formula is C15H22N2OS. The quantitative estimate of drug-likeness (QED) is 0.821. The summed E-state index contributed by atoms with van der Waals surface area (Å²) in [4.78, 5) is 12.9. The smallest absolute Gasteiger partial charge is 0.178 e. The summed E-state index contributed by atoms with van der Waals surface area (Å²) in [6.07, 6.45) is 7.13. The highest BCUT2D eigenvalue weighted by Crippen LogP contribution is 2.39. The van der Waals surface area contributed by atoms with Crippen LogP contribution in [0.25, 0.3) is 0 Å². The predicted octanol–water partition coefficient (Wildman–Crippen LogP) is 3.91. The lowest BCUT2D eigenvalue weighted by Crippen LogP contribution is -2.24. The number of Topliss-reactive ketones (excluding diaryl/α,β-unsaturated/α-hetero) is 1. The highest BCUT2D eigenvalue weighted by Gasteiger charge is 2.32. The minimum atomic E-state index is 0.254. The van der Waals surface area contributed by atoms with Crippen molar-refractivity contribution >= 4 is 27.8 Å². The van der Waals surface area contributed by atoms with Gasteiger partial charge in [0.1, 0.15) is 0 Å². The van der Waals surface area contributed by atoms with Crippen molar-refractivity contribution in [1.82, 2.24) is 0 Å². The topological polar surface area (TPSA) is 55.1 Å². The molecule has 2 aliphatic carbocycles. The molecule has 0 amide bonds. The SMILES string of the molecule is CC1CCC(Nc2cc(N)c(C(=O)C3CC3)s2)CC1. The molecule has 0 atom stereocenters. The van der Waals surface area contributed by atoms with Crippen molar-refractivity contribution in [2.24, 2.45) is 11.8 Å². The van der Waals surface area contributed by atoms with Crippen LogP contribution in [0.1, 0.15) is 55.1 Å². The molecule has 0 unspecified atom stereocenters. The molecule has 1 aromatic heterocycles. The fourth-order valence-corrected chi connectivity index (χ4v) is 3.88. The number of carbonyl (C=O) groups is 1. The van der Waals surface area contributed by atoms with Crippen LogP contribution in [0.5, 0.6) is 0 Å². The van der Waals surface area contributed by atoms with Gasteiger partial charge in [0.05, 0.1) is 15.6 Å². The van der Waals surface area contributed by atoms with Gasteiger partial charge in [-0.1, -0.05) is 6.92 Å². The molecule has 0 aliphatic heterocycles. The van der Waals surface area contributed by atoms with Gasteiger partial charge in [0, 0.05) is 12.0 Å². The van der Waals surface area contributed by atoms with Crippen LogP contribution in [0.2, 0.25) is 0 Å². The van der Waals surface area contributed by atoms with E-state index >= 15 is 0 Å². The number of anilines is 2. The summed E-state index contributed by atoms with van der Waals surface area (Å²) in [6.45, 7) is 2.33. The van der Waals surface area contributed by atoms with Crippen LogP contribution in [-0.4, -0.2) is 11.8 Å². The van der Waals surface area contributed by atoms with Crippen molar-refractivity contribution in [2.45, 2.75) is 51.5 Å². The molecular weight excluding hydrogens is 256 g/mol. The van der Waals surface area contributed by atoms with E-state index < -0.39 is 0 Å². The Hall–Kier alpha value is -1.03. The molecule has 0 bridgehead atoms. The van der Waals surface area contributed by atoms with Gasteiger partial charge in [0.2, 0.25) is 0 Å². The van der Waals surface area contributed by atoms with Gasteiger partial charge < -0.3 is 11.1 Å². The first-order valence-corrected chi connectivity index (χ1v) is 8.15.